The summed E-state index contributed by atoms with van der Waals surface area (Å²) in [6.07, 6.45) is 0. The molecule has 132 valence electrons. The Bertz CT molecular complexity index is 958. The fourth-order valence-electron chi connectivity index (χ4n) is 3.52. The Hall–Kier alpha value is -2.85. The molecule has 1 amide bonds. The zero-order valence-corrected chi connectivity index (χ0v) is 14.7. The first-order chi connectivity index (χ1) is 12.6. The molecule has 1 unspecified atom stereocenters. The number of aryl methyl sites for hydroxylation is 1. The van der Waals surface area contributed by atoms with E-state index in [1.807, 2.05) is 37.3 Å². The van der Waals surface area contributed by atoms with Crippen molar-refractivity contribution in [3.63, 3.8) is 0 Å². The van der Waals surface area contributed by atoms with Crippen LogP contribution in [0.1, 0.15) is 27.5 Å². The third-order valence-corrected chi connectivity index (χ3v) is 5.09. The highest BCUT2D eigenvalue weighted by molar-refractivity contribution is 5.97. The lowest BCUT2D eigenvalue weighted by molar-refractivity contribution is -0.0487. The molecule has 3 N–H and O–H groups in total. The summed E-state index contributed by atoms with van der Waals surface area (Å²) >= 11 is 0. The maximum atomic E-state index is 13.0. The van der Waals surface area contributed by atoms with Crippen molar-refractivity contribution >= 4 is 22.4 Å². The van der Waals surface area contributed by atoms with E-state index in [0.717, 1.165) is 16.5 Å². The number of nitrogen functional groups attached to an aromatic ring is 1. The van der Waals surface area contributed by atoms with Crippen LogP contribution in [-0.4, -0.2) is 19.1 Å². The van der Waals surface area contributed by atoms with Gasteiger partial charge in [-0.25, -0.2) is 0 Å². The number of carbonyl (C=O) groups excluding carboxylic acids is 1. The van der Waals surface area contributed by atoms with E-state index in [9.17, 15) is 4.79 Å². The van der Waals surface area contributed by atoms with E-state index >= 15 is 0 Å². The first-order valence-corrected chi connectivity index (χ1v) is 8.86. The normalized spacial score (nSPS) is 15.4. The van der Waals surface area contributed by atoms with Gasteiger partial charge in [-0.15, -0.1) is 0 Å². The first kappa shape index (κ1) is 16.6. The van der Waals surface area contributed by atoms with Crippen LogP contribution < -0.4 is 11.1 Å². The quantitative estimate of drug-likeness (QED) is 0.705. The van der Waals surface area contributed by atoms with E-state index in [4.69, 9.17) is 10.5 Å². The van der Waals surface area contributed by atoms with Gasteiger partial charge >= 0.3 is 0 Å². The van der Waals surface area contributed by atoms with Crippen LogP contribution in [0.25, 0.3) is 10.8 Å². The van der Waals surface area contributed by atoms with Crippen molar-refractivity contribution in [3.8, 4) is 0 Å². The van der Waals surface area contributed by atoms with Crippen molar-refractivity contribution in [2.75, 3.05) is 18.9 Å². The third kappa shape index (κ3) is 3.04. The molecule has 1 heterocycles. The van der Waals surface area contributed by atoms with E-state index in [1.54, 1.807) is 6.07 Å². The number of rotatable bonds is 4. The highest BCUT2D eigenvalue weighted by atomic mass is 16.5. The molecule has 3 aromatic rings. The lowest BCUT2D eigenvalue weighted by Gasteiger charge is -2.35. The number of benzene rings is 3. The Kier molecular flexibility index (Phi) is 4.35. The van der Waals surface area contributed by atoms with Crippen molar-refractivity contribution in [2.45, 2.75) is 13.0 Å². The van der Waals surface area contributed by atoms with Gasteiger partial charge in [-0.1, -0.05) is 48.5 Å². The maximum Gasteiger partial charge on any atom is 0.252 e. The van der Waals surface area contributed by atoms with Crippen LogP contribution in [0, 0.1) is 12.8 Å². The van der Waals surface area contributed by atoms with Crippen LogP contribution in [0.3, 0.4) is 0 Å². The summed E-state index contributed by atoms with van der Waals surface area (Å²) in [5.74, 6) is 0.172. The zero-order valence-electron chi connectivity index (χ0n) is 14.7. The Morgan fingerprint density at radius 2 is 1.88 bits per heavy atom. The number of nitrogens with one attached hydrogen (secondary N) is 1. The second-order valence-corrected chi connectivity index (χ2v) is 6.89. The van der Waals surface area contributed by atoms with Crippen molar-refractivity contribution < 1.29 is 9.53 Å². The topological polar surface area (TPSA) is 64.4 Å². The molecule has 3 aromatic carbocycles. The van der Waals surface area contributed by atoms with Crippen LogP contribution in [0.4, 0.5) is 5.69 Å². The smallest absolute Gasteiger partial charge is 0.252 e. The number of ether oxygens (including phenoxy) is 1. The standard InChI is InChI=1S/C22H22N2O2/c1-14-9-10-17(23)11-20(14)22(25)24-21(16-12-26-13-16)19-8-4-6-15-5-2-3-7-18(15)19/h2-11,16,21H,12-13,23H2,1H3,(H,24,25). The molecule has 1 atom stereocenters. The van der Waals surface area contributed by atoms with Gasteiger partial charge in [-0.2, -0.15) is 0 Å². The van der Waals surface area contributed by atoms with E-state index in [0.29, 0.717) is 24.5 Å². The van der Waals surface area contributed by atoms with Crippen LogP contribution in [-0.2, 0) is 4.74 Å². The monoisotopic (exact) mass is 346 g/mol. The predicted octanol–water partition coefficient (Wildman–Crippen LogP) is 3.85. The van der Waals surface area contributed by atoms with Crippen molar-refractivity contribution in [2.24, 2.45) is 5.92 Å². The van der Waals surface area contributed by atoms with Gasteiger partial charge in [0.1, 0.15) is 0 Å². The number of amides is 1. The van der Waals surface area contributed by atoms with Gasteiger partial charge in [0, 0.05) is 17.2 Å². The molecule has 26 heavy (non-hydrogen) atoms. The van der Waals surface area contributed by atoms with Gasteiger partial charge in [0.05, 0.1) is 19.3 Å². The second-order valence-electron chi connectivity index (χ2n) is 6.89. The summed E-state index contributed by atoms with van der Waals surface area (Å²) in [4.78, 5) is 13.0. The number of anilines is 1. The summed E-state index contributed by atoms with van der Waals surface area (Å²) in [6.45, 7) is 3.24. The van der Waals surface area contributed by atoms with Crippen molar-refractivity contribution in [1.29, 1.82) is 0 Å². The van der Waals surface area contributed by atoms with E-state index in [-0.39, 0.29) is 17.9 Å². The second kappa shape index (κ2) is 6.81. The highest BCUT2D eigenvalue weighted by Gasteiger charge is 2.32. The lowest BCUT2D eigenvalue weighted by Crippen LogP contribution is -2.42. The molecular weight excluding hydrogens is 324 g/mol. The van der Waals surface area contributed by atoms with Gasteiger partial charge in [0.25, 0.3) is 5.91 Å². The molecule has 0 spiro atoms. The fraction of sp³-hybridized carbons (Fsp3) is 0.227. The predicted molar refractivity (Wildman–Crippen MR) is 104 cm³/mol. The molecule has 0 aromatic heterocycles. The minimum atomic E-state index is -0.0976. The fourth-order valence-corrected chi connectivity index (χ4v) is 3.52. The van der Waals surface area contributed by atoms with Gasteiger partial charge in [0.2, 0.25) is 0 Å². The molecule has 0 saturated carbocycles. The van der Waals surface area contributed by atoms with E-state index < -0.39 is 0 Å². The number of nitrogens with two attached hydrogens (primary N) is 1. The van der Waals surface area contributed by atoms with Gasteiger partial charge < -0.3 is 15.8 Å². The summed E-state index contributed by atoms with van der Waals surface area (Å²) in [7, 11) is 0. The molecule has 0 bridgehead atoms. The molecule has 1 aliphatic heterocycles. The Labute approximate surface area is 153 Å². The number of hydrogen-bond donors (Lipinski definition) is 2. The summed E-state index contributed by atoms with van der Waals surface area (Å²) in [5.41, 5.74) is 9.14. The molecule has 1 fully saturated rings. The average Bonchev–Trinajstić information content (AvgIpc) is 2.61. The van der Waals surface area contributed by atoms with Gasteiger partial charge in [-0.05, 0) is 41.0 Å². The van der Waals surface area contributed by atoms with Crippen LogP contribution in [0.15, 0.2) is 60.7 Å². The molecule has 4 rings (SSSR count). The number of carbonyl (C=O) groups is 1. The lowest BCUT2D eigenvalue weighted by atomic mass is 9.88. The molecule has 0 aliphatic carbocycles. The maximum absolute atomic E-state index is 13.0. The third-order valence-electron chi connectivity index (χ3n) is 5.09. The van der Waals surface area contributed by atoms with E-state index in [2.05, 4.69) is 29.6 Å². The van der Waals surface area contributed by atoms with Gasteiger partial charge in [-0.3, -0.25) is 4.79 Å². The van der Waals surface area contributed by atoms with Crippen molar-refractivity contribution in [1.82, 2.24) is 5.32 Å². The molecular formula is C22H22N2O2. The molecule has 1 saturated heterocycles. The van der Waals surface area contributed by atoms with Gasteiger partial charge in [0.15, 0.2) is 0 Å². The van der Waals surface area contributed by atoms with Crippen LogP contribution in [0.2, 0.25) is 0 Å². The number of fused-ring (bicyclic) bond motifs is 1. The van der Waals surface area contributed by atoms with Crippen molar-refractivity contribution in [3.05, 3.63) is 77.4 Å². The summed E-state index contributed by atoms with van der Waals surface area (Å²) in [5, 5.41) is 5.57. The summed E-state index contributed by atoms with van der Waals surface area (Å²) in [6, 6.07) is 19.8. The minimum Gasteiger partial charge on any atom is -0.399 e. The molecule has 4 heteroatoms. The molecule has 4 nitrogen and oxygen atoms in total. The van der Waals surface area contributed by atoms with Crippen LogP contribution in [0.5, 0.6) is 0 Å². The minimum absolute atomic E-state index is 0.0943. The average molecular weight is 346 g/mol. The number of hydrogen-bond acceptors (Lipinski definition) is 3. The molecule has 1 aliphatic rings. The highest BCUT2D eigenvalue weighted by Crippen LogP contribution is 2.33. The Balaban J connectivity index is 1.72. The SMILES string of the molecule is Cc1ccc(N)cc1C(=O)NC(c1cccc2ccccc12)C1COC1. The molecule has 0 radical (unpaired) electrons. The Morgan fingerprint density at radius 3 is 2.65 bits per heavy atom. The zero-order chi connectivity index (χ0) is 18.1. The Morgan fingerprint density at radius 1 is 1.12 bits per heavy atom. The van der Waals surface area contributed by atoms with Crippen LogP contribution >= 0.6 is 0 Å². The largest absolute Gasteiger partial charge is 0.399 e. The van der Waals surface area contributed by atoms with E-state index in [1.165, 1.54) is 5.39 Å². The first-order valence-electron chi connectivity index (χ1n) is 8.86. The summed E-state index contributed by atoms with van der Waals surface area (Å²) < 4.78 is 5.41.